The second-order valence-corrected chi connectivity index (χ2v) is 14.4. The monoisotopic (exact) mass is 754 g/mol. The summed E-state index contributed by atoms with van der Waals surface area (Å²) in [6, 6.07) is -3.49. The Balaban J connectivity index is 0.000000280. The molecule has 2 saturated heterocycles. The van der Waals surface area contributed by atoms with E-state index in [0.717, 1.165) is 0 Å². The van der Waals surface area contributed by atoms with Crippen LogP contribution in [0.15, 0.2) is 0 Å². The topological polar surface area (TPSA) is 389 Å². The van der Waals surface area contributed by atoms with Crippen LogP contribution in [0.4, 0.5) is 0 Å². The van der Waals surface area contributed by atoms with E-state index in [1.165, 1.54) is 0 Å². The minimum absolute atomic E-state index is 0.0200. The van der Waals surface area contributed by atoms with Gasteiger partial charge in [-0.1, -0.05) is 13.8 Å². The molecule has 0 aromatic rings. The van der Waals surface area contributed by atoms with Crippen molar-refractivity contribution in [2.75, 3.05) is 13.1 Å². The fourth-order valence-electron chi connectivity index (χ4n) is 7.19. The van der Waals surface area contributed by atoms with Crippen LogP contribution in [0.5, 0.6) is 0 Å². The Kier molecular flexibility index (Phi) is 17.3. The van der Waals surface area contributed by atoms with Gasteiger partial charge in [0, 0.05) is 50.9 Å². The van der Waals surface area contributed by atoms with Gasteiger partial charge in [-0.3, -0.25) is 9.59 Å². The average molecular weight is 755 g/mol. The van der Waals surface area contributed by atoms with Crippen molar-refractivity contribution in [3.8, 4) is 0 Å². The van der Waals surface area contributed by atoms with Crippen LogP contribution in [-0.2, 0) is 28.5 Å². The van der Waals surface area contributed by atoms with Gasteiger partial charge in [0.2, 0.25) is 0 Å². The summed E-state index contributed by atoms with van der Waals surface area (Å²) in [5, 5.41) is 81.3. The summed E-state index contributed by atoms with van der Waals surface area (Å²) in [5.41, 5.74) is 34.9. The zero-order valence-electron chi connectivity index (χ0n) is 29.7. The van der Waals surface area contributed by atoms with Crippen molar-refractivity contribution < 1.29 is 69.4 Å². The standard InChI is InChI=1S/2C16H31N3O7/c2*1-2-7(20)3-6-4-8(18)15(14(24)11(6)21)26-16-10(19)13(23)12(22)9(5-17)25-16/h2*6,8-16,21-24H,2-5,17-19H2,1H3. The Morgan fingerprint density at radius 3 is 1.17 bits per heavy atom. The van der Waals surface area contributed by atoms with Gasteiger partial charge in [0.05, 0.1) is 24.3 Å². The van der Waals surface area contributed by atoms with Crippen LogP contribution < -0.4 is 34.4 Å². The smallest absolute Gasteiger partial charge is 0.176 e. The summed E-state index contributed by atoms with van der Waals surface area (Å²) in [7, 11) is 0. The summed E-state index contributed by atoms with van der Waals surface area (Å²) < 4.78 is 22.3. The highest BCUT2D eigenvalue weighted by Crippen LogP contribution is 2.33. The second kappa shape index (κ2) is 20.0. The lowest BCUT2D eigenvalue weighted by atomic mass is 9.77. The number of aliphatic hydroxyl groups excluding tert-OH is 8. The highest BCUT2D eigenvalue weighted by molar-refractivity contribution is 5.78. The number of ketones is 2. The molecule has 20 unspecified atom stereocenters. The van der Waals surface area contributed by atoms with Crippen LogP contribution in [0.3, 0.4) is 0 Å². The summed E-state index contributed by atoms with van der Waals surface area (Å²) in [4.78, 5) is 23.3. The first kappa shape index (κ1) is 45.0. The van der Waals surface area contributed by atoms with Gasteiger partial charge >= 0.3 is 0 Å². The molecule has 4 aliphatic rings. The second-order valence-electron chi connectivity index (χ2n) is 14.4. The van der Waals surface area contributed by atoms with Crippen molar-refractivity contribution >= 4 is 11.6 Å². The first-order valence-corrected chi connectivity index (χ1v) is 17.9. The molecule has 304 valence electrons. The number of rotatable bonds is 12. The fraction of sp³-hybridized carbons (Fsp3) is 0.938. The van der Waals surface area contributed by atoms with E-state index in [4.69, 9.17) is 53.3 Å². The van der Waals surface area contributed by atoms with Gasteiger partial charge in [0.15, 0.2) is 12.6 Å². The third-order valence-electron chi connectivity index (χ3n) is 10.6. The minimum Gasteiger partial charge on any atom is -0.390 e. The first-order chi connectivity index (χ1) is 24.4. The summed E-state index contributed by atoms with van der Waals surface area (Å²) in [6.07, 6.45) is -14.8. The van der Waals surface area contributed by atoms with Crippen LogP contribution >= 0.6 is 0 Å². The molecule has 2 saturated carbocycles. The lowest BCUT2D eigenvalue weighted by Gasteiger charge is -2.46. The molecule has 2 aliphatic carbocycles. The number of aliphatic hydroxyl groups is 8. The molecular formula is C32H62N6O14. The quantitative estimate of drug-likeness (QED) is 0.0880. The molecule has 0 bridgehead atoms. The van der Waals surface area contributed by atoms with E-state index >= 15 is 0 Å². The van der Waals surface area contributed by atoms with Crippen molar-refractivity contribution in [3.63, 3.8) is 0 Å². The van der Waals surface area contributed by atoms with Crippen LogP contribution in [0.2, 0.25) is 0 Å². The SMILES string of the molecule is CCC(=O)CC1CC(N)C(OC2OC(CN)C(O)C(O)C2N)C(O)C1O.CCC(=O)CC1CC(N)C(OC2OC(CN)C(O)C(O)C2N)C(O)C1O. The third-order valence-corrected chi connectivity index (χ3v) is 10.6. The molecule has 52 heavy (non-hydrogen) atoms. The van der Waals surface area contributed by atoms with Crippen LogP contribution in [0.25, 0.3) is 0 Å². The molecule has 20 nitrogen and oxygen atoms in total. The van der Waals surface area contributed by atoms with Gasteiger partial charge in [-0.15, -0.1) is 0 Å². The Morgan fingerprint density at radius 1 is 0.558 bits per heavy atom. The molecule has 2 heterocycles. The number of Topliss-reactive ketones (excluding diaryl/α,β-unsaturated/α-hetero) is 2. The maximum atomic E-state index is 11.7. The fourth-order valence-corrected chi connectivity index (χ4v) is 7.19. The van der Waals surface area contributed by atoms with Crippen molar-refractivity contribution in [1.82, 2.24) is 0 Å². The number of carbonyl (C=O) groups is 2. The van der Waals surface area contributed by atoms with Gasteiger partial charge in [-0.05, 0) is 24.7 Å². The van der Waals surface area contributed by atoms with E-state index in [0.29, 0.717) is 12.8 Å². The van der Waals surface area contributed by atoms with Gasteiger partial charge in [-0.2, -0.15) is 0 Å². The average Bonchev–Trinajstić information content (AvgIpc) is 3.12. The third kappa shape index (κ3) is 10.5. The molecule has 0 aromatic heterocycles. The molecule has 0 radical (unpaired) electrons. The molecule has 20 heteroatoms. The van der Waals surface area contributed by atoms with Gasteiger partial charge in [0.25, 0.3) is 0 Å². The van der Waals surface area contributed by atoms with Crippen LogP contribution in [0, 0.1) is 11.8 Å². The first-order valence-electron chi connectivity index (χ1n) is 17.9. The predicted molar refractivity (Wildman–Crippen MR) is 181 cm³/mol. The number of carbonyl (C=O) groups excluding carboxylic acids is 2. The lowest BCUT2D eigenvalue weighted by Crippen LogP contribution is -2.66. The van der Waals surface area contributed by atoms with E-state index < -0.39 is 122 Å². The normalized spacial score (nSPS) is 46.9. The maximum Gasteiger partial charge on any atom is 0.176 e. The largest absolute Gasteiger partial charge is 0.390 e. The van der Waals surface area contributed by atoms with E-state index in [2.05, 4.69) is 0 Å². The Hall–Kier alpha value is -1.38. The zero-order chi connectivity index (χ0) is 39.2. The summed E-state index contributed by atoms with van der Waals surface area (Å²) in [6.45, 7) is 3.34. The Labute approximate surface area is 302 Å². The van der Waals surface area contributed by atoms with E-state index in [-0.39, 0.29) is 50.3 Å². The number of nitrogens with two attached hydrogens (primary N) is 6. The number of hydrogen-bond donors (Lipinski definition) is 14. The molecule has 4 rings (SSSR count). The Bertz CT molecular complexity index is 1050. The summed E-state index contributed by atoms with van der Waals surface area (Å²) >= 11 is 0. The molecule has 4 fully saturated rings. The van der Waals surface area contributed by atoms with Crippen molar-refractivity contribution in [1.29, 1.82) is 0 Å². The van der Waals surface area contributed by atoms with Crippen molar-refractivity contribution in [2.24, 2.45) is 46.2 Å². The molecule has 2 aliphatic heterocycles. The highest BCUT2D eigenvalue weighted by Gasteiger charge is 2.50. The molecule has 20 atom stereocenters. The molecule has 0 amide bonds. The maximum absolute atomic E-state index is 11.7. The van der Waals surface area contributed by atoms with Gasteiger partial charge < -0.3 is 94.2 Å². The number of hydrogen-bond acceptors (Lipinski definition) is 20. The molecule has 20 N–H and O–H groups in total. The van der Waals surface area contributed by atoms with Gasteiger partial charge in [0.1, 0.15) is 72.6 Å². The lowest BCUT2D eigenvalue weighted by molar-refractivity contribution is -0.289. The Morgan fingerprint density at radius 2 is 0.885 bits per heavy atom. The minimum atomic E-state index is -1.34. The van der Waals surface area contributed by atoms with Gasteiger partial charge in [-0.25, -0.2) is 0 Å². The molecule has 0 spiro atoms. The molecular weight excluding hydrogens is 692 g/mol. The highest BCUT2D eigenvalue weighted by atomic mass is 16.7. The van der Waals surface area contributed by atoms with E-state index in [1.54, 1.807) is 13.8 Å². The van der Waals surface area contributed by atoms with E-state index in [1.807, 2.05) is 0 Å². The molecule has 0 aromatic carbocycles. The number of ether oxygens (including phenoxy) is 4. The van der Waals surface area contributed by atoms with Crippen LogP contribution in [-0.4, -0.2) is 176 Å². The predicted octanol–water partition coefficient (Wildman–Crippen LogP) is -6.92. The van der Waals surface area contributed by atoms with Crippen LogP contribution in [0.1, 0.15) is 52.4 Å². The van der Waals surface area contributed by atoms with Crippen molar-refractivity contribution in [3.05, 3.63) is 0 Å². The van der Waals surface area contributed by atoms with E-state index in [9.17, 15) is 50.4 Å². The zero-order valence-corrected chi connectivity index (χ0v) is 29.7. The summed E-state index contributed by atoms with van der Waals surface area (Å²) in [5.74, 6) is -0.961. The van der Waals surface area contributed by atoms with Crippen molar-refractivity contribution in [2.45, 2.75) is 162 Å².